The third-order valence-electron chi connectivity index (χ3n) is 3.22. The molecule has 0 saturated heterocycles. The summed E-state index contributed by atoms with van der Waals surface area (Å²) < 4.78 is 5.17. The number of nitrogens with zero attached hydrogens (tertiary/aromatic N) is 1. The van der Waals surface area contributed by atoms with Crippen molar-refractivity contribution in [1.82, 2.24) is 10.2 Å². The molecule has 0 saturated carbocycles. The van der Waals surface area contributed by atoms with E-state index < -0.39 is 0 Å². The van der Waals surface area contributed by atoms with Crippen molar-refractivity contribution in [2.24, 2.45) is 0 Å². The first kappa shape index (κ1) is 14.0. The van der Waals surface area contributed by atoms with Crippen molar-refractivity contribution in [3.63, 3.8) is 0 Å². The second-order valence-electron chi connectivity index (χ2n) is 4.65. The highest BCUT2D eigenvalue weighted by Gasteiger charge is 2.13. The van der Waals surface area contributed by atoms with Crippen LogP contribution in [0.15, 0.2) is 24.3 Å². The fourth-order valence-corrected chi connectivity index (χ4v) is 1.70. The first-order valence-electron chi connectivity index (χ1n) is 6.10. The van der Waals surface area contributed by atoms with E-state index in [1.54, 1.807) is 7.11 Å². The Morgan fingerprint density at radius 3 is 2.24 bits per heavy atom. The molecule has 0 aromatic heterocycles. The Morgan fingerprint density at radius 1 is 1.24 bits per heavy atom. The zero-order valence-corrected chi connectivity index (χ0v) is 11.5. The van der Waals surface area contributed by atoms with E-state index in [-0.39, 0.29) is 0 Å². The van der Waals surface area contributed by atoms with E-state index in [1.165, 1.54) is 5.56 Å². The van der Waals surface area contributed by atoms with Crippen molar-refractivity contribution in [1.29, 1.82) is 0 Å². The summed E-state index contributed by atoms with van der Waals surface area (Å²) in [6, 6.07) is 9.17. The lowest BCUT2D eigenvalue weighted by molar-refractivity contribution is 0.246. The van der Waals surface area contributed by atoms with Gasteiger partial charge in [0.1, 0.15) is 5.75 Å². The summed E-state index contributed by atoms with van der Waals surface area (Å²) in [5.41, 5.74) is 1.29. The minimum Gasteiger partial charge on any atom is -0.497 e. The van der Waals surface area contributed by atoms with Crippen LogP contribution in [0.2, 0.25) is 0 Å². The third kappa shape index (κ3) is 4.02. The third-order valence-corrected chi connectivity index (χ3v) is 3.22. The molecule has 0 heterocycles. The van der Waals surface area contributed by atoms with Gasteiger partial charge in [0.05, 0.1) is 7.11 Å². The molecule has 96 valence electrons. The summed E-state index contributed by atoms with van der Waals surface area (Å²) in [6.45, 7) is 5.42. The smallest absolute Gasteiger partial charge is 0.118 e. The van der Waals surface area contributed by atoms with Crippen LogP contribution in [0.3, 0.4) is 0 Å². The van der Waals surface area contributed by atoms with Gasteiger partial charge < -0.3 is 15.0 Å². The number of hydrogen-bond acceptors (Lipinski definition) is 3. The van der Waals surface area contributed by atoms with Gasteiger partial charge in [-0.3, -0.25) is 0 Å². The molecule has 0 fully saturated rings. The molecule has 0 aliphatic heterocycles. The van der Waals surface area contributed by atoms with Crippen LogP contribution in [0.4, 0.5) is 0 Å². The first-order valence-corrected chi connectivity index (χ1v) is 6.10. The Bertz CT molecular complexity index is 321. The van der Waals surface area contributed by atoms with Gasteiger partial charge in [0.15, 0.2) is 0 Å². The lowest BCUT2D eigenvalue weighted by Gasteiger charge is -2.27. The Hall–Kier alpha value is -1.06. The number of methoxy groups -OCH3 is 1. The van der Waals surface area contributed by atoms with Crippen LogP contribution in [-0.2, 0) is 0 Å². The minimum atomic E-state index is 0.355. The SMILES string of the molecule is CNC(CN(C)C(C)C)c1ccc(OC)cc1. The number of likely N-dealkylation sites (N-methyl/N-ethyl adjacent to an activating group) is 2. The van der Waals surface area contributed by atoms with Crippen LogP contribution in [0.5, 0.6) is 5.75 Å². The molecule has 1 aromatic rings. The molecule has 0 radical (unpaired) electrons. The largest absolute Gasteiger partial charge is 0.497 e. The van der Waals surface area contributed by atoms with Crippen molar-refractivity contribution in [2.45, 2.75) is 25.9 Å². The maximum atomic E-state index is 5.17. The number of rotatable bonds is 6. The number of hydrogen-bond donors (Lipinski definition) is 1. The standard InChI is InChI=1S/C14H24N2O/c1-11(2)16(4)10-14(15-3)12-6-8-13(17-5)9-7-12/h6-9,11,14-15H,10H2,1-5H3. The number of nitrogens with one attached hydrogen (secondary N) is 1. The van der Waals surface area contributed by atoms with Crippen LogP contribution in [0.1, 0.15) is 25.5 Å². The maximum Gasteiger partial charge on any atom is 0.118 e. The molecule has 1 rings (SSSR count). The highest BCUT2D eigenvalue weighted by molar-refractivity contribution is 5.29. The summed E-state index contributed by atoms with van der Waals surface area (Å²) in [6.07, 6.45) is 0. The van der Waals surface area contributed by atoms with Gasteiger partial charge in [0.2, 0.25) is 0 Å². The van der Waals surface area contributed by atoms with Gasteiger partial charge in [-0.1, -0.05) is 12.1 Å². The molecule has 1 aromatic carbocycles. The van der Waals surface area contributed by atoms with Crippen molar-refractivity contribution < 1.29 is 4.74 Å². The maximum absolute atomic E-state index is 5.17. The molecule has 0 aliphatic carbocycles. The van der Waals surface area contributed by atoms with Crippen LogP contribution >= 0.6 is 0 Å². The van der Waals surface area contributed by atoms with Gasteiger partial charge in [0.25, 0.3) is 0 Å². The second kappa shape index (κ2) is 6.62. The fraction of sp³-hybridized carbons (Fsp3) is 0.571. The van der Waals surface area contributed by atoms with Crippen LogP contribution < -0.4 is 10.1 Å². The van der Waals surface area contributed by atoms with Crippen molar-refractivity contribution in [3.05, 3.63) is 29.8 Å². The highest BCUT2D eigenvalue weighted by Crippen LogP contribution is 2.18. The van der Waals surface area contributed by atoms with E-state index >= 15 is 0 Å². The monoisotopic (exact) mass is 236 g/mol. The Labute approximate surface area is 105 Å². The molecule has 0 amide bonds. The fourth-order valence-electron chi connectivity index (χ4n) is 1.70. The molecule has 1 atom stereocenters. The van der Waals surface area contributed by atoms with Gasteiger partial charge in [0, 0.05) is 18.6 Å². The molecule has 0 spiro atoms. The van der Waals surface area contributed by atoms with E-state index in [0.717, 1.165) is 12.3 Å². The molecule has 0 aliphatic rings. The first-order chi connectivity index (χ1) is 8.08. The average molecular weight is 236 g/mol. The van der Waals surface area contributed by atoms with Crippen LogP contribution in [0, 0.1) is 0 Å². The Morgan fingerprint density at radius 2 is 1.82 bits per heavy atom. The summed E-state index contributed by atoms with van der Waals surface area (Å²) in [7, 11) is 5.85. The van der Waals surface area contributed by atoms with E-state index in [4.69, 9.17) is 4.74 Å². The van der Waals surface area contributed by atoms with Crippen molar-refractivity contribution in [3.8, 4) is 5.75 Å². The molecule has 3 heteroatoms. The summed E-state index contributed by atoms with van der Waals surface area (Å²) in [4.78, 5) is 2.34. The van der Waals surface area contributed by atoms with Crippen LogP contribution in [-0.4, -0.2) is 38.7 Å². The zero-order valence-electron chi connectivity index (χ0n) is 11.5. The summed E-state index contributed by atoms with van der Waals surface area (Å²) >= 11 is 0. The lowest BCUT2D eigenvalue weighted by atomic mass is 10.1. The second-order valence-corrected chi connectivity index (χ2v) is 4.65. The van der Waals surface area contributed by atoms with E-state index in [2.05, 4.69) is 43.2 Å². The molecular weight excluding hydrogens is 212 g/mol. The van der Waals surface area contributed by atoms with Crippen LogP contribution in [0.25, 0.3) is 0 Å². The normalized spacial score (nSPS) is 13.1. The topological polar surface area (TPSA) is 24.5 Å². The predicted molar refractivity (Wildman–Crippen MR) is 72.6 cm³/mol. The Kier molecular flexibility index (Phi) is 5.45. The molecule has 0 bridgehead atoms. The molecule has 3 nitrogen and oxygen atoms in total. The molecule has 17 heavy (non-hydrogen) atoms. The number of benzene rings is 1. The highest BCUT2D eigenvalue weighted by atomic mass is 16.5. The molecule has 1 unspecified atom stereocenters. The molecule has 1 N–H and O–H groups in total. The van der Waals surface area contributed by atoms with Gasteiger partial charge in [-0.15, -0.1) is 0 Å². The van der Waals surface area contributed by atoms with E-state index in [0.29, 0.717) is 12.1 Å². The van der Waals surface area contributed by atoms with Gasteiger partial charge in [-0.25, -0.2) is 0 Å². The number of ether oxygens (including phenoxy) is 1. The van der Waals surface area contributed by atoms with Crippen molar-refractivity contribution >= 4 is 0 Å². The average Bonchev–Trinajstić information content (AvgIpc) is 2.35. The van der Waals surface area contributed by atoms with Gasteiger partial charge in [-0.05, 0) is 45.6 Å². The van der Waals surface area contributed by atoms with Crippen molar-refractivity contribution in [2.75, 3.05) is 27.7 Å². The molecular formula is C14H24N2O. The lowest BCUT2D eigenvalue weighted by Crippen LogP contribution is -2.35. The minimum absolute atomic E-state index is 0.355. The van der Waals surface area contributed by atoms with Gasteiger partial charge >= 0.3 is 0 Å². The summed E-state index contributed by atoms with van der Waals surface area (Å²) in [5.74, 6) is 0.904. The van der Waals surface area contributed by atoms with E-state index in [9.17, 15) is 0 Å². The van der Waals surface area contributed by atoms with Gasteiger partial charge in [-0.2, -0.15) is 0 Å². The summed E-state index contributed by atoms with van der Waals surface area (Å²) in [5, 5.41) is 3.36. The Balaban J connectivity index is 2.72. The zero-order chi connectivity index (χ0) is 12.8. The quantitative estimate of drug-likeness (QED) is 0.820. The van der Waals surface area contributed by atoms with E-state index in [1.807, 2.05) is 19.2 Å². The predicted octanol–water partition coefficient (Wildman–Crippen LogP) is 2.30.